The second-order valence-electron chi connectivity index (χ2n) is 4.88. The van der Waals surface area contributed by atoms with E-state index in [1.807, 2.05) is 26.0 Å². The van der Waals surface area contributed by atoms with Crippen LogP contribution >= 0.6 is 35.7 Å². The molecule has 2 N–H and O–H groups in total. The molecule has 0 aromatic heterocycles. The van der Waals surface area contributed by atoms with E-state index in [4.69, 9.17) is 4.74 Å². The lowest BCUT2D eigenvalue weighted by atomic mass is 10.2. The molecule has 0 bridgehead atoms. The lowest BCUT2D eigenvalue weighted by Crippen LogP contribution is -2.38. The van der Waals surface area contributed by atoms with Crippen LogP contribution in [0.15, 0.2) is 29.3 Å². The van der Waals surface area contributed by atoms with E-state index in [0.717, 1.165) is 56.5 Å². The normalized spacial score (nSPS) is 11.0. The van der Waals surface area contributed by atoms with Crippen molar-refractivity contribution in [3.8, 4) is 0 Å². The average Bonchev–Trinajstić information content (AvgIpc) is 2.55. The second-order valence-corrected chi connectivity index (χ2v) is 5.99. The van der Waals surface area contributed by atoms with Gasteiger partial charge in [-0.2, -0.15) is 11.8 Å². The zero-order valence-corrected chi connectivity index (χ0v) is 17.7. The van der Waals surface area contributed by atoms with Crippen molar-refractivity contribution in [3.63, 3.8) is 0 Å². The van der Waals surface area contributed by atoms with Gasteiger partial charge in [0.25, 0.3) is 0 Å². The predicted octanol–water partition coefficient (Wildman–Crippen LogP) is 3.66. The number of halogens is 2. The summed E-state index contributed by atoms with van der Waals surface area (Å²) < 4.78 is 18.8. The maximum absolute atomic E-state index is 13.5. The van der Waals surface area contributed by atoms with Gasteiger partial charge in [-0.15, -0.1) is 24.0 Å². The summed E-state index contributed by atoms with van der Waals surface area (Å²) >= 11 is 1.71. The molecule has 0 unspecified atom stereocenters. The number of nitrogens with one attached hydrogen (secondary N) is 2. The Hall–Kier alpha value is -0.540. The first kappa shape index (κ1) is 23.5. The second kappa shape index (κ2) is 16.0. The molecule has 1 rings (SSSR count). The lowest BCUT2D eigenvalue weighted by Gasteiger charge is -2.11. The molecule has 0 aliphatic heterocycles. The van der Waals surface area contributed by atoms with E-state index in [-0.39, 0.29) is 29.8 Å². The molecule has 0 heterocycles. The molecule has 0 amide bonds. The standard InChI is InChI=1S/C17H28FN3OS.HI/c1-3-19-17(20-10-7-12-22-4-2)21-11-13-23-14-15-8-5-6-9-16(15)18;/h5-6,8-9H,3-4,7,10-14H2,1-2H3,(H2,19,20,21);1H. The van der Waals surface area contributed by atoms with Gasteiger partial charge in [-0.1, -0.05) is 18.2 Å². The molecule has 0 fully saturated rings. The molecule has 1 aromatic rings. The fourth-order valence-electron chi connectivity index (χ4n) is 1.88. The number of hydrogen-bond donors (Lipinski definition) is 2. The Kier molecular flexibility index (Phi) is 15.6. The topological polar surface area (TPSA) is 45.7 Å². The first-order valence-corrected chi connectivity index (χ1v) is 9.34. The number of nitrogens with zero attached hydrogens (tertiary/aromatic N) is 1. The highest BCUT2D eigenvalue weighted by Gasteiger charge is 2.01. The van der Waals surface area contributed by atoms with Gasteiger partial charge in [0.05, 0.1) is 0 Å². The Morgan fingerprint density at radius 2 is 2.04 bits per heavy atom. The first-order valence-electron chi connectivity index (χ1n) is 8.19. The zero-order valence-electron chi connectivity index (χ0n) is 14.5. The molecule has 1 aromatic carbocycles. The number of ether oxygens (including phenoxy) is 1. The van der Waals surface area contributed by atoms with Crippen molar-refractivity contribution in [3.05, 3.63) is 35.6 Å². The van der Waals surface area contributed by atoms with Crippen molar-refractivity contribution < 1.29 is 9.13 Å². The van der Waals surface area contributed by atoms with Gasteiger partial charge in [0.1, 0.15) is 5.82 Å². The van der Waals surface area contributed by atoms with Gasteiger partial charge in [-0.05, 0) is 31.9 Å². The number of thioether (sulfide) groups is 1. The average molecular weight is 469 g/mol. The van der Waals surface area contributed by atoms with Crippen LogP contribution in [0.5, 0.6) is 0 Å². The molecule has 24 heavy (non-hydrogen) atoms. The molecule has 0 saturated heterocycles. The van der Waals surface area contributed by atoms with Crippen LogP contribution in [-0.2, 0) is 10.5 Å². The van der Waals surface area contributed by atoms with Gasteiger partial charge < -0.3 is 15.4 Å². The summed E-state index contributed by atoms with van der Waals surface area (Å²) in [6.07, 6.45) is 0.923. The van der Waals surface area contributed by atoms with Crippen LogP contribution in [0.3, 0.4) is 0 Å². The van der Waals surface area contributed by atoms with Crippen LogP contribution in [0.25, 0.3) is 0 Å². The molecule has 138 valence electrons. The van der Waals surface area contributed by atoms with Crippen molar-refractivity contribution in [1.82, 2.24) is 10.6 Å². The van der Waals surface area contributed by atoms with E-state index < -0.39 is 0 Å². The van der Waals surface area contributed by atoms with Gasteiger partial charge in [0.2, 0.25) is 0 Å². The molecule has 0 atom stereocenters. The minimum atomic E-state index is -0.128. The highest BCUT2D eigenvalue weighted by Crippen LogP contribution is 2.14. The zero-order chi connectivity index (χ0) is 16.8. The van der Waals surface area contributed by atoms with Crippen molar-refractivity contribution in [2.24, 2.45) is 4.99 Å². The Morgan fingerprint density at radius 1 is 1.25 bits per heavy atom. The van der Waals surface area contributed by atoms with Gasteiger partial charge in [-0.25, -0.2) is 4.39 Å². The van der Waals surface area contributed by atoms with Crippen molar-refractivity contribution in [1.29, 1.82) is 0 Å². The molecule has 7 heteroatoms. The Morgan fingerprint density at radius 3 is 2.75 bits per heavy atom. The maximum atomic E-state index is 13.5. The SMILES string of the molecule is CCNC(=NCCCOCC)NCCSCc1ccccc1F.I. The van der Waals surface area contributed by atoms with Crippen LogP contribution in [0.2, 0.25) is 0 Å². The predicted molar refractivity (Wildman–Crippen MR) is 113 cm³/mol. The number of hydrogen-bond acceptors (Lipinski definition) is 3. The van der Waals surface area contributed by atoms with E-state index >= 15 is 0 Å². The van der Waals surface area contributed by atoms with Crippen LogP contribution in [0, 0.1) is 5.82 Å². The van der Waals surface area contributed by atoms with Gasteiger partial charge in [0, 0.05) is 44.4 Å². The molecule has 0 spiro atoms. The molecule has 0 aliphatic rings. The quantitative estimate of drug-likeness (QED) is 0.225. The first-order chi connectivity index (χ1) is 11.3. The summed E-state index contributed by atoms with van der Waals surface area (Å²) in [7, 11) is 0. The van der Waals surface area contributed by atoms with E-state index in [1.165, 1.54) is 6.07 Å². The molecule has 0 saturated carbocycles. The van der Waals surface area contributed by atoms with Crippen LogP contribution in [0.4, 0.5) is 4.39 Å². The molecule has 0 radical (unpaired) electrons. The van der Waals surface area contributed by atoms with Gasteiger partial charge in [-0.3, -0.25) is 4.99 Å². The number of benzene rings is 1. The Balaban J connectivity index is 0.00000529. The smallest absolute Gasteiger partial charge is 0.191 e. The van der Waals surface area contributed by atoms with Crippen LogP contribution < -0.4 is 10.6 Å². The summed E-state index contributed by atoms with van der Waals surface area (Å²) in [6.45, 7) is 7.92. The maximum Gasteiger partial charge on any atom is 0.191 e. The third-order valence-electron chi connectivity index (χ3n) is 3.02. The van der Waals surface area contributed by atoms with Crippen LogP contribution in [0.1, 0.15) is 25.8 Å². The summed E-state index contributed by atoms with van der Waals surface area (Å²) in [5, 5.41) is 6.52. The van der Waals surface area contributed by atoms with E-state index in [1.54, 1.807) is 17.8 Å². The molecular weight excluding hydrogens is 440 g/mol. The number of guanidine groups is 1. The highest BCUT2D eigenvalue weighted by molar-refractivity contribution is 14.0. The van der Waals surface area contributed by atoms with E-state index in [0.29, 0.717) is 5.75 Å². The highest BCUT2D eigenvalue weighted by atomic mass is 127. The van der Waals surface area contributed by atoms with Gasteiger partial charge in [0.15, 0.2) is 5.96 Å². The fourth-order valence-corrected chi connectivity index (χ4v) is 2.73. The third kappa shape index (κ3) is 11.1. The lowest BCUT2D eigenvalue weighted by molar-refractivity contribution is 0.146. The summed E-state index contributed by atoms with van der Waals surface area (Å²) in [6, 6.07) is 6.93. The van der Waals surface area contributed by atoms with Crippen molar-refractivity contribution in [2.75, 3.05) is 38.6 Å². The van der Waals surface area contributed by atoms with Crippen molar-refractivity contribution in [2.45, 2.75) is 26.0 Å². The van der Waals surface area contributed by atoms with E-state index in [9.17, 15) is 4.39 Å². The van der Waals surface area contributed by atoms with E-state index in [2.05, 4.69) is 15.6 Å². The fraction of sp³-hybridized carbons (Fsp3) is 0.588. The van der Waals surface area contributed by atoms with Gasteiger partial charge >= 0.3 is 0 Å². The summed E-state index contributed by atoms with van der Waals surface area (Å²) in [5.74, 6) is 2.29. The summed E-state index contributed by atoms with van der Waals surface area (Å²) in [4.78, 5) is 4.50. The number of rotatable bonds is 11. The minimum Gasteiger partial charge on any atom is -0.382 e. The monoisotopic (exact) mass is 469 g/mol. The molecular formula is C17H29FIN3OS. The summed E-state index contributed by atoms with van der Waals surface area (Å²) in [5.41, 5.74) is 0.758. The van der Waals surface area contributed by atoms with Crippen molar-refractivity contribution >= 4 is 41.7 Å². The minimum absolute atomic E-state index is 0. The third-order valence-corrected chi connectivity index (χ3v) is 4.03. The van der Waals surface area contributed by atoms with Crippen LogP contribution in [-0.4, -0.2) is 44.6 Å². The number of aliphatic imine (C=N–C) groups is 1. The largest absolute Gasteiger partial charge is 0.382 e. The molecule has 0 aliphatic carbocycles. The Labute approximate surface area is 166 Å². The Bertz CT molecular complexity index is 463. The molecule has 4 nitrogen and oxygen atoms in total.